The van der Waals surface area contributed by atoms with Crippen LogP contribution in [0.25, 0.3) is 0 Å². The molecule has 0 aliphatic carbocycles. The first kappa shape index (κ1) is 15.7. The molecule has 2 heterocycles. The maximum atomic E-state index is 6.32. The molecule has 0 unspecified atom stereocenters. The predicted molar refractivity (Wildman–Crippen MR) is 85.3 cm³/mol. The van der Waals surface area contributed by atoms with E-state index in [0.717, 1.165) is 18.9 Å². The van der Waals surface area contributed by atoms with Gasteiger partial charge in [-0.3, -0.25) is 0 Å². The monoisotopic (exact) mass is 317 g/mol. The summed E-state index contributed by atoms with van der Waals surface area (Å²) in [6.45, 7) is 9.75. The highest BCUT2D eigenvalue weighted by Crippen LogP contribution is 2.36. The first-order valence-corrected chi connectivity index (χ1v) is 7.38. The standard InChI is InChI=1S/C14H21Cl2N3O/c1-13(2)7-19(8-14(3,4)20-13)12-10(16)6-9(15)11(17-5)18-12/h6H,7-8H2,1-5H3,(H,17,18). The van der Waals surface area contributed by atoms with Crippen molar-refractivity contribution in [2.75, 3.05) is 30.4 Å². The lowest BCUT2D eigenvalue weighted by Gasteiger charge is -2.47. The molecule has 1 saturated heterocycles. The minimum absolute atomic E-state index is 0.258. The number of ether oxygens (including phenoxy) is 1. The minimum atomic E-state index is -0.258. The number of rotatable bonds is 2. The number of halogens is 2. The van der Waals surface area contributed by atoms with Crippen molar-refractivity contribution in [3.05, 3.63) is 16.1 Å². The van der Waals surface area contributed by atoms with Crippen molar-refractivity contribution in [3.8, 4) is 0 Å². The average molecular weight is 318 g/mol. The van der Waals surface area contributed by atoms with Crippen LogP contribution >= 0.6 is 23.2 Å². The van der Waals surface area contributed by atoms with Crippen molar-refractivity contribution in [1.82, 2.24) is 4.98 Å². The lowest BCUT2D eigenvalue weighted by molar-refractivity contribution is -0.133. The third-order valence-corrected chi connectivity index (χ3v) is 3.71. The second-order valence-corrected chi connectivity index (χ2v) is 7.17. The van der Waals surface area contributed by atoms with Crippen molar-refractivity contribution in [3.63, 3.8) is 0 Å². The van der Waals surface area contributed by atoms with E-state index in [0.29, 0.717) is 15.9 Å². The molecule has 1 aliphatic rings. The largest absolute Gasteiger partial charge is 0.372 e. The van der Waals surface area contributed by atoms with Crippen molar-refractivity contribution < 1.29 is 4.74 Å². The Morgan fingerprint density at radius 1 is 1.15 bits per heavy atom. The summed E-state index contributed by atoms with van der Waals surface area (Å²) in [4.78, 5) is 6.70. The number of pyridine rings is 1. The van der Waals surface area contributed by atoms with Crippen LogP contribution in [0.15, 0.2) is 6.07 Å². The summed E-state index contributed by atoms with van der Waals surface area (Å²) in [7, 11) is 1.79. The molecule has 4 nitrogen and oxygen atoms in total. The number of hydrogen-bond donors (Lipinski definition) is 1. The number of aromatic nitrogens is 1. The lowest BCUT2D eigenvalue weighted by Crippen LogP contribution is -2.57. The molecular formula is C14H21Cl2N3O. The average Bonchev–Trinajstić information content (AvgIpc) is 2.24. The Bertz CT molecular complexity index is 501. The highest BCUT2D eigenvalue weighted by atomic mass is 35.5. The second kappa shape index (κ2) is 5.24. The van der Waals surface area contributed by atoms with Crippen LogP contribution < -0.4 is 10.2 Å². The Morgan fingerprint density at radius 3 is 2.20 bits per heavy atom. The number of morpholine rings is 1. The zero-order valence-electron chi connectivity index (χ0n) is 12.6. The molecule has 0 radical (unpaired) electrons. The number of anilines is 2. The summed E-state index contributed by atoms with van der Waals surface area (Å²) in [5.41, 5.74) is -0.515. The van der Waals surface area contributed by atoms with E-state index in [4.69, 9.17) is 27.9 Å². The van der Waals surface area contributed by atoms with Crippen LogP contribution in [0.2, 0.25) is 10.0 Å². The molecule has 112 valence electrons. The zero-order valence-corrected chi connectivity index (χ0v) is 14.1. The van der Waals surface area contributed by atoms with Gasteiger partial charge in [-0.25, -0.2) is 4.98 Å². The molecule has 1 aromatic heterocycles. The van der Waals surface area contributed by atoms with Gasteiger partial charge < -0.3 is 15.0 Å². The highest BCUT2D eigenvalue weighted by Gasteiger charge is 2.39. The number of nitrogens with one attached hydrogen (secondary N) is 1. The molecule has 6 heteroatoms. The van der Waals surface area contributed by atoms with Crippen LogP contribution in [0.5, 0.6) is 0 Å². The Labute approximate surface area is 130 Å². The fourth-order valence-electron chi connectivity index (χ4n) is 2.79. The lowest BCUT2D eigenvalue weighted by atomic mass is 9.99. The van der Waals surface area contributed by atoms with Gasteiger partial charge in [-0.05, 0) is 33.8 Å². The van der Waals surface area contributed by atoms with Crippen LogP contribution in [-0.2, 0) is 4.74 Å². The molecule has 20 heavy (non-hydrogen) atoms. The summed E-state index contributed by atoms with van der Waals surface area (Å²) in [6.07, 6.45) is 0. The molecule has 1 fully saturated rings. The van der Waals surface area contributed by atoms with E-state index in [-0.39, 0.29) is 11.2 Å². The van der Waals surface area contributed by atoms with Crippen molar-refractivity contribution in [2.24, 2.45) is 0 Å². The molecule has 2 rings (SSSR count). The van der Waals surface area contributed by atoms with Gasteiger partial charge in [-0.15, -0.1) is 0 Å². The van der Waals surface area contributed by atoms with E-state index in [1.54, 1.807) is 13.1 Å². The Balaban J connectivity index is 2.40. The van der Waals surface area contributed by atoms with Gasteiger partial charge in [-0.1, -0.05) is 23.2 Å². The quantitative estimate of drug-likeness (QED) is 0.899. The van der Waals surface area contributed by atoms with Crippen molar-refractivity contribution in [2.45, 2.75) is 38.9 Å². The Morgan fingerprint density at radius 2 is 1.70 bits per heavy atom. The molecule has 0 saturated carbocycles. The fourth-order valence-corrected chi connectivity index (χ4v) is 3.36. The first-order valence-electron chi connectivity index (χ1n) is 6.62. The highest BCUT2D eigenvalue weighted by molar-refractivity contribution is 6.37. The smallest absolute Gasteiger partial charge is 0.150 e. The topological polar surface area (TPSA) is 37.4 Å². The van der Waals surface area contributed by atoms with Crippen LogP contribution in [0.3, 0.4) is 0 Å². The van der Waals surface area contributed by atoms with Gasteiger partial charge in [0.2, 0.25) is 0 Å². The predicted octanol–water partition coefficient (Wildman–Crippen LogP) is 3.82. The molecule has 1 N–H and O–H groups in total. The summed E-state index contributed by atoms with van der Waals surface area (Å²) in [5.74, 6) is 1.37. The molecule has 0 atom stereocenters. The van der Waals surface area contributed by atoms with E-state index in [1.807, 2.05) is 0 Å². The van der Waals surface area contributed by atoms with Crippen LogP contribution in [0.1, 0.15) is 27.7 Å². The molecular weight excluding hydrogens is 297 g/mol. The van der Waals surface area contributed by atoms with Crippen molar-refractivity contribution in [1.29, 1.82) is 0 Å². The third kappa shape index (κ3) is 3.30. The van der Waals surface area contributed by atoms with E-state index < -0.39 is 0 Å². The van der Waals surface area contributed by atoms with E-state index in [1.165, 1.54) is 0 Å². The normalized spacial score (nSPS) is 20.9. The van der Waals surface area contributed by atoms with E-state index in [9.17, 15) is 0 Å². The van der Waals surface area contributed by atoms with Gasteiger partial charge in [0.1, 0.15) is 11.6 Å². The van der Waals surface area contributed by atoms with Crippen LogP contribution in [0.4, 0.5) is 11.6 Å². The van der Waals surface area contributed by atoms with Gasteiger partial charge in [0, 0.05) is 20.1 Å². The van der Waals surface area contributed by atoms with Gasteiger partial charge in [0.05, 0.1) is 21.2 Å². The summed E-state index contributed by atoms with van der Waals surface area (Å²) < 4.78 is 6.08. The Kier molecular flexibility index (Phi) is 4.11. The maximum Gasteiger partial charge on any atom is 0.150 e. The SMILES string of the molecule is CNc1nc(N2CC(C)(C)OC(C)(C)C2)c(Cl)cc1Cl. The molecule has 0 bridgehead atoms. The summed E-state index contributed by atoms with van der Waals surface area (Å²) >= 11 is 12.4. The molecule has 0 spiro atoms. The molecule has 0 aromatic carbocycles. The zero-order chi connectivity index (χ0) is 15.1. The van der Waals surface area contributed by atoms with Gasteiger partial charge in [0.25, 0.3) is 0 Å². The molecule has 1 aromatic rings. The summed E-state index contributed by atoms with van der Waals surface area (Å²) in [5, 5.41) is 4.06. The second-order valence-electron chi connectivity index (χ2n) is 6.35. The summed E-state index contributed by atoms with van der Waals surface area (Å²) in [6, 6.07) is 1.73. The van der Waals surface area contributed by atoms with Crippen LogP contribution in [-0.4, -0.2) is 36.3 Å². The fraction of sp³-hybridized carbons (Fsp3) is 0.643. The van der Waals surface area contributed by atoms with E-state index in [2.05, 4.69) is 42.9 Å². The maximum absolute atomic E-state index is 6.32. The molecule has 1 aliphatic heterocycles. The van der Waals surface area contributed by atoms with Gasteiger partial charge in [-0.2, -0.15) is 0 Å². The third-order valence-electron chi connectivity index (χ3n) is 3.14. The number of hydrogen-bond acceptors (Lipinski definition) is 4. The first-order chi connectivity index (χ1) is 9.13. The van der Waals surface area contributed by atoms with Gasteiger partial charge in [0.15, 0.2) is 0 Å². The van der Waals surface area contributed by atoms with Crippen LogP contribution in [0, 0.1) is 0 Å². The molecule has 0 amide bonds. The minimum Gasteiger partial charge on any atom is -0.372 e. The van der Waals surface area contributed by atoms with Crippen molar-refractivity contribution >= 4 is 34.8 Å². The number of nitrogens with zero attached hydrogens (tertiary/aromatic N) is 2. The van der Waals surface area contributed by atoms with Gasteiger partial charge >= 0.3 is 0 Å². The van der Waals surface area contributed by atoms with E-state index >= 15 is 0 Å². The Hall–Kier alpha value is -0.710.